The van der Waals surface area contributed by atoms with E-state index in [1.807, 2.05) is 0 Å². The SMILES string of the molecule is CCCCCCCCCCCCCCC1N(Cc2ccccc2)C=CN1C(C)C. The van der Waals surface area contributed by atoms with Gasteiger partial charge < -0.3 is 9.80 Å². The quantitative estimate of drug-likeness (QED) is 0.259. The van der Waals surface area contributed by atoms with E-state index < -0.39 is 0 Å². The maximum absolute atomic E-state index is 2.54. The van der Waals surface area contributed by atoms with Gasteiger partial charge in [0.25, 0.3) is 0 Å². The first-order valence-electron chi connectivity index (χ1n) is 12.5. The zero-order chi connectivity index (χ0) is 20.7. The summed E-state index contributed by atoms with van der Waals surface area (Å²) in [6, 6.07) is 11.5. The van der Waals surface area contributed by atoms with E-state index in [4.69, 9.17) is 0 Å². The molecule has 0 radical (unpaired) electrons. The van der Waals surface area contributed by atoms with Gasteiger partial charge >= 0.3 is 0 Å². The molecule has 0 saturated heterocycles. The lowest BCUT2D eigenvalue weighted by molar-refractivity contribution is 0.110. The highest BCUT2D eigenvalue weighted by Gasteiger charge is 2.27. The molecule has 0 fully saturated rings. The third kappa shape index (κ3) is 9.28. The topological polar surface area (TPSA) is 6.48 Å². The van der Waals surface area contributed by atoms with Crippen LogP contribution in [0, 0.1) is 0 Å². The molecule has 0 bridgehead atoms. The van der Waals surface area contributed by atoms with Gasteiger partial charge in [0.15, 0.2) is 0 Å². The Morgan fingerprint density at radius 2 is 1.28 bits per heavy atom. The Kier molecular flexibility index (Phi) is 11.9. The van der Waals surface area contributed by atoms with Crippen molar-refractivity contribution in [2.45, 2.75) is 123 Å². The van der Waals surface area contributed by atoms with Crippen LogP contribution in [0.15, 0.2) is 42.7 Å². The van der Waals surface area contributed by atoms with Crippen molar-refractivity contribution in [3.05, 3.63) is 48.3 Å². The number of rotatable bonds is 16. The maximum Gasteiger partial charge on any atom is 0.101 e. The molecule has 0 N–H and O–H groups in total. The molecule has 1 aliphatic rings. The molecule has 0 aliphatic carbocycles. The van der Waals surface area contributed by atoms with Gasteiger partial charge in [0.1, 0.15) is 6.17 Å². The first kappa shape index (κ1) is 23.8. The summed E-state index contributed by atoms with van der Waals surface area (Å²) in [7, 11) is 0. The molecule has 2 heteroatoms. The van der Waals surface area contributed by atoms with Gasteiger partial charge in [-0.1, -0.05) is 108 Å². The first-order valence-corrected chi connectivity index (χ1v) is 12.5. The lowest BCUT2D eigenvalue weighted by Gasteiger charge is -2.35. The van der Waals surface area contributed by atoms with Gasteiger partial charge in [0.2, 0.25) is 0 Å². The molecule has 2 rings (SSSR count). The van der Waals surface area contributed by atoms with E-state index in [0.717, 1.165) is 6.54 Å². The normalized spacial score (nSPS) is 16.3. The molecule has 0 amide bonds. The van der Waals surface area contributed by atoms with Crippen LogP contribution in [0.1, 0.15) is 110 Å². The zero-order valence-corrected chi connectivity index (χ0v) is 19.5. The molecular weight excluding hydrogens is 352 g/mol. The van der Waals surface area contributed by atoms with E-state index in [0.29, 0.717) is 12.2 Å². The number of hydrogen-bond donors (Lipinski definition) is 0. The number of unbranched alkanes of at least 4 members (excludes halogenated alkanes) is 11. The van der Waals surface area contributed by atoms with Crippen LogP contribution in [-0.2, 0) is 6.54 Å². The molecule has 2 nitrogen and oxygen atoms in total. The fourth-order valence-corrected chi connectivity index (χ4v) is 4.48. The molecular formula is C27H46N2. The van der Waals surface area contributed by atoms with Gasteiger partial charge in [-0.2, -0.15) is 0 Å². The molecule has 0 saturated carbocycles. The van der Waals surface area contributed by atoms with Crippen LogP contribution in [0.3, 0.4) is 0 Å². The second kappa shape index (κ2) is 14.5. The third-order valence-electron chi connectivity index (χ3n) is 6.28. The minimum Gasteiger partial charge on any atom is -0.354 e. The highest BCUT2D eigenvalue weighted by Crippen LogP contribution is 2.25. The van der Waals surface area contributed by atoms with Crippen LogP contribution in [-0.4, -0.2) is 22.0 Å². The fourth-order valence-electron chi connectivity index (χ4n) is 4.48. The summed E-state index contributed by atoms with van der Waals surface area (Å²) in [6.07, 6.45) is 23.5. The van der Waals surface area contributed by atoms with E-state index in [9.17, 15) is 0 Å². The largest absolute Gasteiger partial charge is 0.354 e. The van der Waals surface area contributed by atoms with Gasteiger partial charge in [-0.05, 0) is 32.3 Å². The van der Waals surface area contributed by atoms with E-state index in [1.54, 1.807) is 0 Å². The monoisotopic (exact) mass is 398 g/mol. The molecule has 1 atom stereocenters. The Bertz CT molecular complexity index is 537. The number of nitrogens with zero attached hydrogens (tertiary/aromatic N) is 2. The highest BCUT2D eigenvalue weighted by molar-refractivity contribution is 5.16. The Morgan fingerprint density at radius 3 is 1.83 bits per heavy atom. The third-order valence-corrected chi connectivity index (χ3v) is 6.28. The molecule has 0 aromatic heterocycles. The van der Waals surface area contributed by atoms with Crippen LogP contribution >= 0.6 is 0 Å². The lowest BCUT2D eigenvalue weighted by atomic mass is 10.0. The predicted octanol–water partition coefficient (Wildman–Crippen LogP) is 8.10. The zero-order valence-electron chi connectivity index (χ0n) is 19.5. The van der Waals surface area contributed by atoms with Crippen LogP contribution in [0.5, 0.6) is 0 Å². The van der Waals surface area contributed by atoms with E-state index in [2.05, 4.69) is 73.3 Å². The summed E-state index contributed by atoms with van der Waals surface area (Å²) in [6.45, 7) is 7.94. The molecule has 1 heterocycles. The van der Waals surface area contributed by atoms with Crippen molar-refractivity contribution >= 4 is 0 Å². The fraction of sp³-hybridized carbons (Fsp3) is 0.704. The molecule has 164 valence electrons. The van der Waals surface area contributed by atoms with Crippen LogP contribution in [0.25, 0.3) is 0 Å². The molecule has 1 unspecified atom stereocenters. The van der Waals surface area contributed by atoms with Crippen LogP contribution < -0.4 is 0 Å². The smallest absolute Gasteiger partial charge is 0.101 e. The van der Waals surface area contributed by atoms with Crippen molar-refractivity contribution in [1.82, 2.24) is 9.80 Å². The molecule has 1 aromatic carbocycles. The second-order valence-electron chi connectivity index (χ2n) is 9.16. The van der Waals surface area contributed by atoms with E-state index >= 15 is 0 Å². The minimum absolute atomic E-state index is 0.526. The minimum atomic E-state index is 0.526. The average Bonchev–Trinajstić information content (AvgIpc) is 3.12. The van der Waals surface area contributed by atoms with Gasteiger partial charge in [-0.25, -0.2) is 0 Å². The van der Waals surface area contributed by atoms with Crippen molar-refractivity contribution < 1.29 is 0 Å². The molecule has 0 spiro atoms. The standard InChI is InChI=1S/C27H46N2/c1-4-5-6-7-8-9-10-11-12-13-14-18-21-27-28(22-23-29(27)25(2)3)24-26-19-16-15-17-20-26/h15-17,19-20,22-23,25,27H,4-14,18,21,24H2,1-3H3. The predicted molar refractivity (Wildman–Crippen MR) is 128 cm³/mol. The van der Waals surface area contributed by atoms with Gasteiger partial charge in [-0.3, -0.25) is 0 Å². The van der Waals surface area contributed by atoms with Crippen molar-refractivity contribution in [2.75, 3.05) is 0 Å². The van der Waals surface area contributed by atoms with Crippen molar-refractivity contribution in [2.24, 2.45) is 0 Å². The Morgan fingerprint density at radius 1 is 0.724 bits per heavy atom. The summed E-state index contributed by atoms with van der Waals surface area (Å²) in [5.41, 5.74) is 1.41. The molecule has 1 aliphatic heterocycles. The van der Waals surface area contributed by atoms with E-state index in [1.165, 1.54) is 89.0 Å². The Balaban J connectivity index is 1.59. The molecule has 1 aromatic rings. The average molecular weight is 399 g/mol. The first-order chi connectivity index (χ1) is 14.2. The molecule has 29 heavy (non-hydrogen) atoms. The lowest BCUT2D eigenvalue weighted by Crippen LogP contribution is -2.41. The summed E-state index contributed by atoms with van der Waals surface area (Å²) >= 11 is 0. The van der Waals surface area contributed by atoms with Gasteiger partial charge in [-0.15, -0.1) is 0 Å². The highest BCUT2D eigenvalue weighted by atomic mass is 15.4. The summed E-state index contributed by atoms with van der Waals surface area (Å²) in [4.78, 5) is 5.08. The van der Waals surface area contributed by atoms with E-state index in [-0.39, 0.29) is 0 Å². The van der Waals surface area contributed by atoms with Gasteiger partial charge in [0, 0.05) is 25.0 Å². The Hall–Kier alpha value is -1.44. The summed E-state index contributed by atoms with van der Waals surface area (Å²) < 4.78 is 0. The van der Waals surface area contributed by atoms with Gasteiger partial charge in [0.05, 0.1) is 0 Å². The maximum atomic E-state index is 2.54. The summed E-state index contributed by atoms with van der Waals surface area (Å²) in [5.74, 6) is 0. The summed E-state index contributed by atoms with van der Waals surface area (Å²) in [5, 5.41) is 0. The Labute approximate surface area is 181 Å². The van der Waals surface area contributed by atoms with Crippen molar-refractivity contribution in [3.63, 3.8) is 0 Å². The number of benzene rings is 1. The number of hydrogen-bond acceptors (Lipinski definition) is 2. The van der Waals surface area contributed by atoms with Crippen molar-refractivity contribution in [3.8, 4) is 0 Å². The van der Waals surface area contributed by atoms with Crippen LogP contribution in [0.2, 0.25) is 0 Å². The van der Waals surface area contributed by atoms with Crippen molar-refractivity contribution in [1.29, 1.82) is 0 Å². The van der Waals surface area contributed by atoms with Crippen LogP contribution in [0.4, 0.5) is 0 Å². The second-order valence-corrected chi connectivity index (χ2v) is 9.16.